The first-order valence-electron chi connectivity index (χ1n) is 8.25. The van der Waals surface area contributed by atoms with Crippen molar-refractivity contribution in [2.24, 2.45) is 5.84 Å². The van der Waals surface area contributed by atoms with E-state index in [1.165, 1.54) is 23.5 Å². The molecule has 3 N–H and O–H groups in total. The molecule has 6 nitrogen and oxygen atoms in total. The zero-order chi connectivity index (χ0) is 19.0. The maximum Gasteiger partial charge on any atom is 0.253 e. The van der Waals surface area contributed by atoms with Gasteiger partial charge in [0.25, 0.3) is 5.91 Å². The summed E-state index contributed by atoms with van der Waals surface area (Å²) < 4.78 is 15.0. The van der Waals surface area contributed by atoms with Crippen molar-refractivity contribution in [2.75, 3.05) is 0 Å². The highest BCUT2D eigenvalue weighted by Gasteiger charge is 2.20. The van der Waals surface area contributed by atoms with Gasteiger partial charge in [-0.1, -0.05) is 12.1 Å². The van der Waals surface area contributed by atoms with Gasteiger partial charge in [0.1, 0.15) is 17.4 Å². The molecule has 4 rings (SSSR count). The Morgan fingerprint density at radius 2 is 1.93 bits per heavy atom. The first kappa shape index (κ1) is 17.3. The molecule has 0 atom stereocenters. The molecular weight excluding hydrogens is 365 g/mol. The summed E-state index contributed by atoms with van der Waals surface area (Å²) in [5.41, 5.74) is 5.41. The fraction of sp³-hybridized carbons (Fsp3) is 0.105. The standard InChI is InChI=1S/C19H16FN5OS/c1-11-17(27-19(22-11)12-6-8-13(20)9-7-12)18-23-14-4-2-3-5-15(14)25(18)10-16(26)24-21/h2-9H,10,21H2,1H3,(H,24,26). The Hall–Kier alpha value is -3.10. The second-order valence-corrected chi connectivity index (χ2v) is 7.02. The number of nitrogens with two attached hydrogens (primary N) is 1. The number of nitrogens with zero attached hydrogens (tertiary/aromatic N) is 3. The van der Waals surface area contributed by atoms with Gasteiger partial charge in [-0.05, 0) is 43.3 Å². The lowest BCUT2D eigenvalue weighted by molar-refractivity contribution is -0.121. The second kappa shape index (κ2) is 6.90. The highest BCUT2D eigenvalue weighted by molar-refractivity contribution is 7.18. The van der Waals surface area contributed by atoms with Gasteiger partial charge >= 0.3 is 0 Å². The molecule has 2 aromatic heterocycles. The molecule has 8 heteroatoms. The Kier molecular flexibility index (Phi) is 4.43. The predicted molar refractivity (Wildman–Crippen MR) is 103 cm³/mol. The topological polar surface area (TPSA) is 85.8 Å². The maximum absolute atomic E-state index is 13.2. The van der Waals surface area contributed by atoms with Crippen LogP contribution in [0.3, 0.4) is 0 Å². The summed E-state index contributed by atoms with van der Waals surface area (Å²) in [6, 6.07) is 13.8. The third kappa shape index (κ3) is 3.20. The minimum Gasteiger partial charge on any atom is -0.314 e. The maximum atomic E-state index is 13.2. The molecule has 0 aliphatic rings. The van der Waals surface area contributed by atoms with Crippen molar-refractivity contribution < 1.29 is 9.18 Å². The number of aromatic nitrogens is 3. The van der Waals surface area contributed by atoms with E-state index in [2.05, 4.69) is 10.4 Å². The smallest absolute Gasteiger partial charge is 0.253 e. The van der Waals surface area contributed by atoms with Crippen LogP contribution in [0.1, 0.15) is 5.69 Å². The van der Waals surface area contributed by atoms with Gasteiger partial charge in [0.2, 0.25) is 0 Å². The number of hydrazine groups is 1. The lowest BCUT2D eigenvalue weighted by atomic mass is 10.2. The Bertz CT molecular complexity index is 1130. The van der Waals surface area contributed by atoms with Crippen LogP contribution in [0.4, 0.5) is 4.39 Å². The van der Waals surface area contributed by atoms with Crippen LogP contribution in [0.2, 0.25) is 0 Å². The van der Waals surface area contributed by atoms with Crippen LogP contribution in [-0.4, -0.2) is 20.4 Å². The van der Waals surface area contributed by atoms with Crippen molar-refractivity contribution in [3.63, 3.8) is 0 Å². The Morgan fingerprint density at radius 1 is 1.19 bits per heavy atom. The summed E-state index contributed by atoms with van der Waals surface area (Å²) in [6.45, 7) is 1.95. The second-order valence-electron chi connectivity index (χ2n) is 6.02. The zero-order valence-corrected chi connectivity index (χ0v) is 15.3. The number of fused-ring (bicyclic) bond motifs is 1. The summed E-state index contributed by atoms with van der Waals surface area (Å²) in [5, 5.41) is 0.768. The van der Waals surface area contributed by atoms with Crippen LogP contribution >= 0.6 is 11.3 Å². The largest absolute Gasteiger partial charge is 0.314 e. The molecule has 0 bridgehead atoms. The molecule has 27 heavy (non-hydrogen) atoms. The highest BCUT2D eigenvalue weighted by atomic mass is 32.1. The van der Waals surface area contributed by atoms with E-state index < -0.39 is 0 Å². The third-order valence-corrected chi connectivity index (χ3v) is 5.41. The highest BCUT2D eigenvalue weighted by Crippen LogP contribution is 2.36. The molecule has 0 spiro atoms. The number of benzene rings is 2. The van der Waals surface area contributed by atoms with Gasteiger partial charge in [-0.3, -0.25) is 10.2 Å². The van der Waals surface area contributed by atoms with Crippen LogP contribution in [-0.2, 0) is 11.3 Å². The molecule has 0 radical (unpaired) electrons. The minimum absolute atomic E-state index is 0.0512. The lowest BCUT2D eigenvalue weighted by Crippen LogP contribution is -2.33. The molecule has 0 aliphatic heterocycles. The van der Waals surface area contributed by atoms with E-state index in [9.17, 15) is 9.18 Å². The Labute approximate surface area is 158 Å². The van der Waals surface area contributed by atoms with E-state index >= 15 is 0 Å². The normalized spacial score (nSPS) is 11.1. The molecule has 0 saturated heterocycles. The Morgan fingerprint density at radius 3 is 2.67 bits per heavy atom. The number of carbonyl (C=O) groups excluding carboxylic acids is 1. The van der Waals surface area contributed by atoms with Crippen LogP contribution in [0.5, 0.6) is 0 Å². The molecule has 0 aliphatic carbocycles. The van der Waals surface area contributed by atoms with Crippen molar-refractivity contribution in [3.8, 4) is 21.3 Å². The number of aryl methyl sites for hydroxylation is 1. The quantitative estimate of drug-likeness (QED) is 0.323. The number of carbonyl (C=O) groups is 1. The number of nitrogens with one attached hydrogen (secondary N) is 1. The molecule has 0 fully saturated rings. The summed E-state index contributed by atoms with van der Waals surface area (Å²) in [7, 11) is 0. The molecule has 0 unspecified atom stereocenters. The summed E-state index contributed by atoms with van der Waals surface area (Å²) in [5.74, 6) is 5.32. The van der Waals surface area contributed by atoms with Gasteiger partial charge in [0.05, 0.1) is 21.6 Å². The van der Waals surface area contributed by atoms with Gasteiger partial charge in [-0.25, -0.2) is 20.2 Å². The summed E-state index contributed by atoms with van der Waals surface area (Å²) in [4.78, 5) is 22.1. The van der Waals surface area contributed by atoms with Crippen LogP contribution in [0.25, 0.3) is 32.3 Å². The molecule has 2 aromatic carbocycles. The average molecular weight is 381 g/mol. The fourth-order valence-corrected chi connectivity index (χ4v) is 3.99. The summed E-state index contributed by atoms with van der Waals surface area (Å²) in [6.07, 6.45) is 0. The van der Waals surface area contributed by atoms with E-state index in [4.69, 9.17) is 10.8 Å². The number of imidazole rings is 1. The molecule has 0 saturated carbocycles. The summed E-state index contributed by atoms with van der Waals surface area (Å²) >= 11 is 1.46. The fourth-order valence-electron chi connectivity index (χ4n) is 2.92. The number of para-hydroxylation sites is 2. The van der Waals surface area contributed by atoms with Crippen molar-refractivity contribution in [1.29, 1.82) is 0 Å². The number of rotatable bonds is 4. The van der Waals surface area contributed by atoms with E-state index in [1.807, 2.05) is 35.8 Å². The SMILES string of the molecule is Cc1nc(-c2ccc(F)cc2)sc1-c1nc2ccccc2n1CC(=O)NN. The van der Waals surface area contributed by atoms with Crippen LogP contribution in [0, 0.1) is 12.7 Å². The molecule has 4 aromatic rings. The minimum atomic E-state index is -0.319. The van der Waals surface area contributed by atoms with Crippen LogP contribution < -0.4 is 11.3 Å². The van der Waals surface area contributed by atoms with Gasteiger partial charge < -0.3 is 4.57 Å². The van der Waals surface area contributed by atoms with Crippen molar-refractivity contribution >= 4 is 28.3 Å². The molecule has 1 amide bonds. The van der Waals surface area contributed by atoms with Crippen molar-refractivity contribution in [3.05, 3.63) is 60.0 Å². The number of halogens is 1. The van der Waals surface area contributed by atoms with Gasteiger partial charge in [-0.15, -0.1) is 11.3 Å². The molecule has 2 heterocycles. The van der Waals surface area contributed by atoms with Gasteiger partial charge in [0, 0.05) is 5.56 Å². The van der Waals surface area contributed by atoms with Crippen LogP contribution in [0.15, 0.2) is 48.5 Å². The number of thiazole rings is 1. The lowest BCUT2D eigenvalue weighted by Gasteiger charge is -2.07. The van der Waals surface area contributed by atoms with Crippen molar-refractivity contribution in [1.82, 2.24) is 20.0 Å². The first-order valence-corrected chi connectivity index (χ1v) is 9.07. The average Bonchev–Trinajstić information content (AvgIpc) is 3.23. The van der Waals surface area contributed by atoms with E-state index in [1.54, 1.807) is 12.1 Å². The van der Waals surface area contributed by atoms with Gasteiger partial charge in [0.15, 0.2) is 5.82 Å². The van der Waals surface area contributed by atoms with E-state index in [0.29, 0.717) is 5.82 Å². The third-order valence-electron chi connectivity index (χ3n) is 4.21. The van der Waals surface area contributed by atoms with E-state index in [0.717, 1.165) is 32.2 Å². The number of hydrogen-bond acceptors (Lipinski definition) is 5. The molecule has 136 valence electrons. The Balaban J connectivity index is 1.86. The molecular formula is C19H16FN5OS. The van der Waals surface area contributed by atoms with E-state index in [-0.39, 0.29) is 18.3 Å². The first-order chi connectivity index (χ1) is 13.1. The number of hydrogen-bond donors (Lipinski definition) is 2. The zero-order valence-electron chi connectivity index (χ0n) is 14.4. The number of amides is 1. The van der Waals surface area contributed by atoms with Crippen molar-refractivity contribution in [2.45, 2.75) is 13.5 Å². The monoisotopic (exact) mass is 381 g/mol. The predicted octanol–water partition coefficient (Wildman–Crippen LogP) is 3.26. The van der Waals surface area contributed by atoms with Gasteiger partial charge in [-0.2, -0.15) is 0 Å².